The van der Waals surface area contributed by atoms with E-state index in [4.69, 9.17) is 4.74 Å². The van der Waals surface area contributed by atoms with Gasteiger partial charge in [-0.05, 0) is 43.5 Å². The Balaban J connectivity index is 2.11. The molecule has 0 fully saturated rings. The summed E-state index contributed by atoms with van der Waals surface area (Å²) in [6.07, 6.45) is -0.0372. The summed E-state index contributed by atoms with van der Waals surface area (Å²) in [5, 5.41) is 5.29. The summed E-state index contributed by atoms with van der Waals surface area (Å²) >= 11 is 0. The van der Waals surface area contributed by atoms with Crippen LogP contribution in [0.5, 0.6) is 5.75 Å². The molecule has 0 bridgehead atoms. The standard InChI is InChI=1S/C20H24N2O3/c1-13(2)15-9-5-6-10-16(15)21-19(23)20(24)22-17-11-7-8-12-18(17)25-14(3)4/h5-14H,1-4H3,(H,21,23)(H,22,24). The number of carbonyl (C=O) groups is 2. The third-order valence-electron chi connectivity index (χ3n) is 3.54. The number of anilines is 2. The lowest BCUT2D eigenvalue weighted by molar-refractivity contribution is -0.133. The maximum Gasteiger partial charge on any atom is 0.314 e. The zero-order chi connectivity index (χ0) is 18.4. The molecule has 2 N–H and O–H groups in total. The lowest BCUT2D eigenvalue weighted by atomic mass is 10.0. The number of hydrogen-bond acceptors (Lipinski definition) is 3. The summed E-state index contributed by atoms with van der Waals surface area (Å²) in [5.74, 6) is -0.688. The Morgan fingerprint density at radius 3 is 1.92 bits per heavy atom. The average molecular weight is 340 g/mol. The van der Waals surface area contributed by atoms with E-state index in [0.29, 0.717) is 17.1 Å². The van der Waals surface area contributed by atoms with Crippen molar-refractivity contribution in [2.75, 3.05) is 10.6 Å². The van der Waals surface area contributed by atoms with Gasteiger partial charge in [-0.25, -0.2) is 0 Å². The van der Waals surface area contributed by atoms with Crippen molar-refractivity contribution in [3.05, 3.63) is 54.1 Å². The van der Waals surface area contributed by atoms with E-state index in [9.17, 15) is 9.59 Å². The van der Waals surface area contributed by atoms with Crippen LogP contribution < -0.4 is 15.4 Å². The first-order valence-electron chi connectivity index (χ1n) is 8.35. The molecule has 2 rings (SSSR count). The summed E-state index contributed by atoms with van der Waals surface area (Å²) in [7, 11) is 0. The van der Waals surface area contributed by atoms with E-state index in [1.165, 1.54) is 0 Å². The first-order valence-corrected chi connectivity index (χ1v) is 8.35. The van der Waals surface area contributed by atoms with Crippen molar-refractivity contribution >= 4 is 23.2 Å². The van der Waals surface area contributed by atoms with Crippen LogP contribution >= 0.6 is 0 Å². The monoisotopic (exact) mass is 340 g/mol. The Labute approximate surface area is 148 Å². The number of hydrogen-bond donors (Lipinski definition) is 2. The maximum atomic E-state index is 12.3. The largest absolute Gasteiger partial charge is 0.489 e. The Kier molecular flexibility index (Phi) is 6.17. The van der Waals surface area contributed by atoms with E-state index in [2.05, 4.69) is 10.6 Å². The highest BCUT2D eigenvalue weighted by atomic mass is 16.5. The average Bonchev–Trinajstić information content (AvgIpc) is 2.56. The quantitative estimate of drug-likeness (QED) is 0.803. The molecule has 2 aromatic rings. The molecule has 2 aromatic carbocycles. The minimum absolute atomic E-state index is 0.0372. The fourth-order valence-corrected chi connectivity index (χ4v) is 2.40. The van der Waals surface area contributed by atoms with Gasteiger partial charge in [0.2, 0.25) is 0 Å². The van der Waals surface area contributed by atoms with Crippen LogP contribution in [0.15, 0.2) is 48.5 Å². The highest BCUT2D eigenvalue weighted by molar-refractivity contribution is 6.43. The van der Waals surface area contributed by atoms with Crippen molar-refractivity contribution in [3.63, 3.8) is 0 Å². The Morgan fingerprint density at radius 1 is 0.800 bits per heavy atom. The van der Waals surface area contributed by atoms with Crippen molar-refractivity contribution in [1.29, 1.82) is 0 Å². The van der Waals surface area contributed by atoms with Gasteiger partial charge in [-0.15, -0.1) is 0 Å². The number of rotatable bonds is 5. The predicted octanol–water partition coefficient (Wildman–Crippen LogP) is 4.17. The van der Waals surface area contributed by atoms with E-state index in [0.717, 1.165) is 5.56 Å². The van der Waals surface area contributed by atoms with Crippen LogP contribution in [-0.2, 0) is 9.59 Å². The van der Waals surface area contributed by atoms with Gasteiger partial charge in [0, 0.05) is 5.69 Å². The molecule has 0 aromatic heterocycles. The van der Waals surface area contributed by atoms with Gasteiger partial charge in [0.05, 0.1) is 11.8 Å². The van der Waals surface area contributed by atoms with E-state index >= 15 is 0 Å². The highest BCUT2D eigenvalue weighted by Crippen LogP contribution is 2.26. The zero-order valence-corrected chi connectivity index (χ0v) is 15.0. The molecular weight excluding hydrogens is 316 g/mol. The van der Waals surface area contributed by atoms with Crippen molar-refractivity contribution in [2.24, 2.45) is 0 Å². The summed E-state index contributed by atoms with van der Waals surface area (Å²) in [4.78, 5) is 24.5. The van der Waals surface area contributed by atoms with Crippen molar-refractivity contribution < 1.29 is 14.3 Å². The van der Waals surface area contributed by atoms with Crippen LogP contribution in [0.1, 0.15) is 39.2 Å². The van der Waals surface area contributed by atoms with Gasteiger partial charge in [0.1, 0.15) is 5.75 Å². The van der Waals surface area contributed by atoms with Gasteiger partial charge in [-0.2, -0.15) is 0 Å². The van der Waals surface area contributed by atoms with Crippen LogP contribution in [0.2, 0.25) is 0 Å². The molecule has 132 valence electrons. The predicted molar refractivity (Wildman–Crippen MR) is 100.0 cm³/mol. The number of nitrogens with one attached hydrogen (secondary N) is 2. The summed E-state index contributed by atoms with van der Waals surface area (Å²) < 4.78 is 5.65. The van der Waals surface area contributed by atoms with E-state index in [1.54, 1.807) is 24.3 Å². The molecule has 5 nitrogen and oxygen atoms in total. The van der Waals surface area contributed by atoms with Gasteiger partial charge in [0.25, 0.3) is 0 Å². The number of amides is 2. The number of carbonyl (C=O) groups excluding carboxylic acids is 2. The van der Waals surface area contributed by atoms with Crippen LogP contribution in [0.3, 0.4) is 0 Å². The fraction of sp³-hybridized carbons (Fsp3) is 0.300. The molecule has 0 saturated carbocycles. The third kappa shape index (κ3) is 5.08. The van der Waals surface area contributed by atoms with Gasteiger partial charge in [0.15, 0.2) is 0 Å². The fourth-order valence-electron chi connectivity index (χ4n) is 2.40. The van der Waals surface area contributed by atoms with Crippen LogP contribution in [0.4, 0.5) is 11.4 Å². The molecule has 0 aliphatic heterocycles. The van der Waals surface area contributed by atoms with Gasteiger partial charge in [-0.1, -0.05) is 44.2 Å². The second kappa shape index (κ2) is 8.33. The molecule has 0 radical (unpaired) electrons. The molecule has 0 heterocycles. The van der Waals surface area contributed by atoms with Gasteiger partial charge < -0.3 is 15.4 Å². The first kappa shape index (κ1) is 18.5. The third-order valence-corrected chi connectivity index (χ3v) is 3.54. The number of benzene rings is 2. The highest BCUT2D eigenvalue weighted by Gasteiger charge is 2.18. The zero-order valence-electron chi connectivity index (χ0n) is 15.0. The number of para-hydroxylation sites is 3. The minimum atomic E-state index is -0.738. The number of ether oxygens (including phenoxy) is 1. The molecule has 0 saturated heterocycles. The van der Waals surface area contributed by atoms with Gasteiger partial charge in [-0.3, -0.25) is 9.59 Å². The summed E-state index contributed by atoms with van der Waals surface area (Å²) in [5.41, 5.74) is 2.09. The molecular formula is C20H24N2O3. The molecule has 2 amide bonds. The van der Waals surface area contributed by atoms with Crippen molar-refractivity contribution in [1.82, 2.24) is 0 Å². The second-order valence-corrected chi connectivity index (χ2v) is 6.31. The van der Waals surface area contributed by atoms with E-state index in [1.807, 2.05) is 52.0 Å². The molecule has 0 spiro atoms. The molecule has 0 aliphatic carbocycles. The second-order valence-electron chi connectivity index (χ2n) is 6.31. The maximum absolute atomic E-state index is 12.3. The molecule has 0 unspecified atom stereocenters. The first-order chi connectivity index (χ1) is 11.9. The topological polar surface area (TPSA) is 67.4 Å². The molecule has 5 heteroatoms. The Bertz CT molecular complexity index is 754. The van der Waals surface area contributed by atoms with Crippen molar-refractivity contribution in [2.45, 2.75) is 39.7 Å². The van der Waals surface area contributed by atoms with Crippen molar-refractivity contribution in [3.8, 4) is 5.75 Å². The molecule has 0 atom stereocenters. The summed E-state index contributed by atoms with van der Waals surface area (Å²) in [6, 6.07) is 14.5. The van der Waals surface area contributed by atoms with Crippen LogP contribution in [0, 0.1) is 0 Å². The lowest BCUT2D eigenvalue weighted by Gasteiger charge is -2.15. The molecule has 25 heavy (non-hydrogen) atoms. The van der Waals surface area contributed by atoms with E-state index in [-0.39, 0.29) is 12.0 Å². The minimum Gasteiger partial charge on any atom is -0.489 e. The van der Waals surface area contributed by atoms with E-state index < -0.39 is 11.8 Å². The lowest BCUT2D eigenvalue weighted by Crippen LogP contribution is -2.29. The molecule has 0 aliphatic rings. The van der Waals surface area contributed by atoms with Crippen LogP contribution in [0.25, 0.3) is 0 Å². The Morgan fingerprint density at radius 2 is 1.32 bits per heavy atom. The SMILES string of the molecule is CC(C)Oc1ccccc1NC(=O)C(=O)Nc1ccccc1C(C)C. The Hall–Kier alpha value is -2.82. The summed E-state index contributed by atoms with van der Waals surface area (Å²) in [6.45, 7) is 7.86. The van der Waals surface area contributed by atoms with Gasteiger partial charge >= 0.3 is 11.8 Å². The normalized spacial score (nSPS) is 10.6. The van der Waals surface area contributed by atoms with Crippen LogP contribution in [-0.4, -0.2) is 17.9 Å². The smallest absolute Gasteiger partial charge is 0.314 e.